The van der Waals surface area contributed by atoms with E-state index in [0.717, 1.165) is 71.3 Å². The van der Waals surface area contributed by atoms with Crippen LogP contribution in [0.4, 0.5) is 0 Å². The van der Waals surface area contributed by atoms with Gasteiger partial charge in [0.15, 0.2) is 0 Å². The second-order valence-electron chi connectivity index (χ2n) is 17.4. The van der Waals surface area contributed by atoms with Crippen molar-refractivity contribution in [1.29, 1.82) is 0 Å². The molecule has 0 N–H and O–H groups in total. The van der Waals surface area contributed by atoms with E-state index in [4.69, 9.17) is 8.83 Å². The van der Waals surface area contributed by atoms with Crippen molar-refractivity contribution in [1.82, 2.24) is 0 Å². The van der Waals surface area contributed by atoms with Crippen molar-refractivity contribution in [3.8, 4) is 44.5 Å². The van der Waals surface area contributed by atoms with Crippen LogP contribution in [0.5, 0.6) is 0 Å². The summed E-state index contributed by atoms with van der Waals surface area (Å²) in [6.07, 6.45) is 0. The van der Waals surface area contributed by atoms with Crippen molar-refractivity contribution in [2.45, 2.75) is 5.41 Å². The molecule has 2 heteroatoms. The Hall–Kier alpha value is -8.20. The van der Waals surface area contributed by atoms with Crippen LogP contribution in [-0.4, -0.2) is 0 Å². The predicted octanol–water partition coefficient (Wildman–Crippen LogP) is 16.6. The molecular formula is C61H34O2. The van der Waals surface area contributed by atoms with Gasteiger partial charge in [0.05, 0.1) is 5.41 Å². The lowest BCUT2D eigenvalue weighted by molar-refractivity contribution is 0.672. The molecule has 0 saturated carbocycles. The van der Waals surface area contributed by atoms with Gasteiger partial charge in [-0.3, -0.25) is 0 Å². The molecule has 0 amide bonds. The third-order valence-electron chi connectivity index (χ3n) is 14.4. The standard InChI is InChI=1S/C61H34O2/c1-5-15-42-35(11-1)21-28-48-46-26-23-38(33-55(46)62-59(42)48)37-24-30-50-54(32-37)61(52-19-9-7-17-44(52)45-18-8-10-20-53(45)61)58-41-14-4-3-13-39(41)31-51(57(50)58)40-25-27-47-49-29-22-36-12-2-6-16-43(36)60(49)63-56(47)34-40/h1-34H. The zero-order valence-electron chi connectivity index (χ0n) is 33.9. The van der Waals surface area contributed by atoms with Gasteiger partial charge in [0, 0.05) is 32.3 Å². The van der Waals surface area contributed by atoms with E-state index >= 15 is 0 Å². The van der Waals surface area contributed by atoms with E-state index in [1.54, 1.807) is 0 Å². The SMILES string of the molecule is c1ccc2c(c1)-c1ccccc1C21c2cc(-c3ccc4c(c3)oc3c5ccccc5ccc43)ccc2-c2c(-c3ccc4c(c3)oc3c5ccccc5ccc43)cc3ccccc3c21. The maximum Gasteiger partial charge on any atom is 0.143 e. The minimum Gasteiger partial charge on any atom is -0.455 e. The fourth-order valence-corrected chi connectivity index (χ4v) is 11.8. The van der Waals surface area contributed by atoms with Crippen molar-refractivity contribution < 1.29 is 8.83 Å². The van der Waals surface area contributed by atoms with Crippen molar-refractivity contribution in [3.05, 3.63) is 229 Å². The highest BCUT2D eigenvalue weighted by Crippen LogP contribution is 2.66. The van der Waals surface area contributed by atoms with E-state index < -0.39 is 5.41 Å². The molecule has 0 saturated heterocycles. The summed E-state index contributed by atoms with van der Waals surface area (Å²) in [5.41, 5.74) is 18.2. The van der Waals surface area contributed by atoms with Gasteiger partial charge in [0.25, 0.3) is 0 Å². The van der Waals surface area contributed by atoms with E-state index in [1.165, 1.54) is 71.6 Å². The Morgan fingerprint density at radius 2 is 0.778 bits per heavy atom. The average Bonchev–Trinajstić information content (AvgIpc) is 4.08. The topological polar surface area (TPSA) is 26.3 Å². The van der Waals surface area contributed by atoms with E-state index in [9.17, 15) is 0 Å². The van der Waals surface area contributed by atoms with Crippen LogP contribution in [0, 0.1) is 0 Å². The van der Waals surface area contributed by atoms with Crippen LogP contribution in [0.15, 0.2) is 215 Å². The molecule has 15 rings (SSSR count). The Balaban J connectivity index is 1.02. The second kappa shape index (κ2) is 12.0. The van der Waals surface area contributed by atoms with Crippen molar-refractivity contribution in [2.75, 3.05) is 0 Å². The average molecular weight is 799 g/mol. The highest BCUT2D eigenvalue weighted by molar-refractivity contribution is 6.17. The van der Waals surface area contributed by atoms with Gasteiger partial charge in [0.2, 0.25) is 0 Å². The van der Waals surface area contributed by atoms with Crippen molar-refractivity contribution >= 4 is 76.2 Å². The van der Waals surface area contributed by atoms with E-state index in [-0.39, 0.29) is 0 Å². The second-order valence-corrected chi connectivity index (χ2v) is 17.4. The molecule has 290 valence electrons. The van der Waals surface area contributed by atoms with Gasteiger partial charge in [-0.2, -0.15) is 0 Å². The first-order valence-corrected chi connectivity index (χ1v) is 21.8. The first-order valence-electron chi connectivity index (χ1n) is 21.8. The third kappa shape index (κ3) is 4.27. The minimum absolute atomic E-state index is 0.561. The summed E-state index contributed by atoms with van der Waals surface area (Å²) >= 11 is 0. The summed E-state index contributed by atoms with van der Waals surface area (Å²) in [5, 5.41) is 11.7. The molecule has 0 fully saturated rings. The molecule has 63 heavy (non-hydrogen) atoms. The predicted molar refractivity (Wildman–Crippen MR) is 261 cm³/mol. The molecule has 1 spiro atoms. The zero-order chi connectivity index (χ0) is 41.0. The van der Waals surface area contributed by atoms with Crippen molar-refractivity contribution in [2.24, 2.45) is 0 Å². The molecule has 0 aliphatic heterocycles. The fraction of sp³-hybridized carbons (Fsp3) is 0.0164. The molecule has 2 aliphatic rings. The summed E-state index contributed by atoms with van der Waals surface area (Å²) in [6, 6.07) is 76.2. The number of furan rings is 2. The highest BCUT2D eigenvalue weighted by Gasteiger charge is 2.53. The van der Waals surface area contributed by atoms with Crippen LogP contribution in [0.1, 0.15) is 22.3 Å². The summed E-state index contributed by atoms with van der Waals surface area (Å²) < 4.78 is 13.6. The normalized spacial score (nSPS) is 13.5. The Morgan fingerprint density at radius 1 is 0.286 bits per heavy atom. The van der Waals surface area contributed by atoms with Gasteiger partial charge in [-0.15, -0.1) is 0 Å². The lowest BCUT2D eigenvalue weighted by Gasteiger charge is -2.32. The minimum atomic E-state index is -0.561. The molecule has 13 aromatic rings. The molecule has 2 aliphatic carbocycles. The van der Waals surface area contributed by atoms with E-state index in [2.05, 4.69) is 206 Å². The van der Waals surface area contributed by atoms with Crippen LogP contribution in [-0.2, 0) is 5.41 Å². The van der Waals surface area contributed by atoms with Gasteiger partial charge >= 0.3 is 0 Å². The molecule has 2 nitrogen and oxygen atoms in total. The lowest BCUT2D eigenvalue weighted by atomic mass is 9.69. The molecule has 0 atom stereocenters. The molecule has 2 aromatic heterocycles. The van der Waals surface area contributed by atoms with Crippen LogP contribution in [0.25, 0.3) is 121 Å². The largest absolute Gasteiger partial charge is 0.455 e. The monoisotopic (exact) mass is 798 g/mol. The lowest BCUT2D eigenvalue weighted by Crippen LogP contribution is -2.26. The maximum absolute atomic E-state index is 6.82. The number of benzene rings is 11. The molecule has 2 heterocycles. The Labute approximate surface area is 361 Å². The van der Waals surface area contributed by atoms with E-state index in [0.29, 0.717) is 0 Å². The summed E-state index contributed by atoms with van der Waals surface area (Å²) in [6.45, 7) is 0. The van der Waals surface area contributed by atoms with Crippen LogP contribution < -0.4 is 0 Å². The smallest absolute Gasteiger partial charge is 0.143 e. The summed E-state index contributed by atoms with van der Waals surface area (Å²) in [4.78, 5) is 0. The van der Waals surface area contributed by atoms with Gasteiger partial charge < -0.3 is 8.83 Å². The molecule has 11 aromatic carbocycles. The van der Waals surface area contributed by atoms with E-state index in [1.807, 2.05) is 0 Å². The van der Waals surface area contributed by atoms with Crippen molar-refractivity contribution in [3.63, 3.8) is 0 Å². The molecular weight excluding hydrogens is 765 g/mol. The van der Waals surface area contributed by atoms with Gasteiger partial charge in [-0.1, -0.05) is 158 Å². The summed E-state index contributed by atoms with van der Waals surface area (Å²) in [7, 11) is 0. The zero-order valence-corrected chi connectivity index (χ0v) is 33.9. The highest BCUT2D eigenvalue weighted by atomic mass is 16.3. The van der Waals surface area contributed by atoms with Gasteiger partial charge in [0.1, 0.15) is 22.3 Å². The molecule has 0 radical (unpaired) electrons. The quantitative estimate of drug-likeness (QED) is 0.174. The number of rotatable bonds is 2. The molecule has 0 bridgehead atoms. The van der Waals surface area contributed by atoms with Gasteiger partial charge in [-0.25, -0.2) is 0 Å². The number of hydrogen-bond donors (Lipinski definition) is 0. The van der Waals surface area contributed by atoms with Crippen LogP contribution in [0.3, 0.4) is 0 Å². The Kier molecular flexibility index (Phi) is 6.38. The Morgan fingerprint density at radius 3 is 1.43 bits per heavy atom. The fourth-order valence-electron chi connectivity index (χ4n) is 11.8. The summed E-state index contributed by atoms with van der Waals surface area (Å²) in [5.74, 6) is 0. The molecule has 0 unspecified atom stereocenters. The van der Waals surface area contributed by atoms with Crippen LogP contribution >= 0.6 is 0 Å². The number of hydrogen-bond acceptors (Lipinski definition) is 2. The number of fused-ring (bicyclic) bond motifs is 22. The first kappa shape index (κ1) is 33.5. The maximum atomic E-state index is 6.82. The van der Waals surface area contributed by atoms with Crippen LogP contribution in [0.2, 0.25) is 0 Å². The Bertz CT molecular complexity index is 4110. The third-order valence-corrected chi connectivity index (χ3v) is 14.4. The van der Waals surface area contributed by atoms with Gasteiger partial charge in [-0.05, 0) is 137 Å². The first-order chi connectivity index (χ1) is 31.2.